The van der Waals surface area contributed by atoms with Gasteiger partial charge in [-0.2, -0.15) is 0 Å². The Morgan fingerprint density at radius 1 is 0.828 bits per heavy atom. The van der Waals surface area contributed by atoms with Crippen LogP contribution in [0.1, 0.15) is 16.7 Å². The Bertz CT molecular complexity index is 1120. The fourth-order valence-electron chi connectivity index (χ4n) is 3.01. The quantitative estimate of drug-likeness (QED) is 0.655. The lowest BCUT2D eigenvalue weighted by molar-refractivity contribution is -0.114. The molecule has 0 aromatic heterocycles. The highest BCUT2D eigenvalue weighted by Gasteiger charge is 2.28. The zero-order valence-electron chi connectivity index (χ0n) is 16.7. The Kier molecular flexibility index (Phi) is 6.03. The van der Waals surface area contributed by atoms with Gasteiger partial charge in [-0.25, -0.2) is 8.42 Å². The predicted octanol–water partition coefficient (Wildman–Crippen LogP) is 4.45. The van der Waals surface area contributed by atoms with E-state index in [0.717, 1.165) is 16.7 Å². The first-order valence-electron chi connectivity index (χ1n) is 9.29. The van der Waals surface area contributed by atoms with Crippen LogP contribution in [0.5, 0.6) is 0 Å². The first kappa shape index (κ1) is 20.6. The molecule has 0 bridgehead atoms. The predicted molar refractivity (Wildman–Crippen MR) is 117 cm³/mol. The van der Waals surface area contributed by atoms with Crippen molar-refractivity contribution in [1.29, 1.82) is 0 Å². The van der Waals surface area contributed by atoms with E-state index in [1.165, 1.54) is 4.31 Å². The lowest BCUT2D eigenvalue weighted by Crippen LogP contribution is -2.38. The molecule has 3 rings (SSSR count). The highest BCUT2D eigenvalue weighted by atomic mass is 32.2. The minimum absolute atomic E-state index is 0.148. The molecule has 0 aliphatic carbocycles. The average Bonchev–Trinajstić information content (AvgIpc) is 2.69. The fraction of sp³-hybridized carbons (Fsp3) is 0.174. The molecule has 1 N–H and O–H groups in total. The molecule has 1 amide bonds. The van der Waals surface area contributed by atoms with Crippen LogP contribution >= 0.6 is 0 Å². The van der Waals surface area contributed by atoms with Crippen LogP contribution in [0.3, 0.4) is 0 Å². The third-order valence-corrected chi connectivity index (χ3v) is 6.47. The van der Waals surface area contributed by atoms with Gasteiger partial charge in [0.15, 0.2) is 0 Å². The van der Waals surface area contributed by atoms with Crippen molar-refractivity contribution in [2.75, 3.05) is 16.2 Å². The number of nitrogens with zero attached hydrogens (tertiary/aromatic N) is 1. The van der Waals surface area contributed by atoms with Crippen molar-refractivity contribution in [2.45, 2.75) is 25.7 Å². The molecule has 5 nitrogen and oxygen atoms in total. The van der Waals surface area contributed by atoms with Crippen LogP contribution in [0.25, 0.3) is 0 Å². The number of carbonyl (C=O) groups excluding carboxylic acids is 1. The Morgan fingerprint density at radius 3 is 2.03 bits per heavy atom. The average molecular weight is 409 g/mol. The van der Waals surface area contributed by atoms with E-state index >= 15 is 0 Å². The molecule has 0 heterocycles. The van der Waals surface area contributed by atoms with Crippen molar-refractivity contribution >= 4 is 27.3 Å². The summed E-state index contributed by atoms with van der Waals surface area (Å²) < 4.78 is 28.0. The Hall–Kier alpha value is -3.12. The van der Waals surface area contributed by atoms with Crippen LogP contribution in [0.15, 0.2) is 77.7 Å². The van der Waals surface area contributed by atoms with Gasteiger partial charge >= 0.3 is 0 Å². The van der Waals surface area contributed by atoms with E-state index in [1.807, 2.05) is 51.1 Å². The minimum atomic E-state index is -3.92. The molecule has 3 aromatic carbocycles. The van der Waals surface area contributed by atoms with Gasteiger partial charge in [-0.15, -0.1) is 0 Å². The standard InChI is InChI=1S/C23H24N2O3S/c1-17-12-14-20(15-13-17)29(27,28)25(22-11-7-5-9-19(22)3)16-23(26)24-21-10-6-4-8-18(21)2/h4-15H,16H2,1-3H3,(H,24,26). The van der Waals surface area contributed by atoms with Gasteiger partial charge in [0.1, 0.15) is 6.54 Å². The van der Waals surface area contributed by atoms with Crippen molar-refractivity contribution in [3.63, 3.8) is 0 Å². The number of sulfonamides is 1. The minimum Gasteiger partial charge on any atom is -0.324 e. The van der Waals surface area contributed by atoms with Crippen LogP contribution in [0.4, 0.5) is 11.4 Å². The lowest BCUT2D eigenvalue weighted by atomic mass is 10.2. The molecule has 150 valence electrons. The van der Waals surface area contributed by atoms with Crippen molar-refractivity contribution in [3.05, 3.63) is 89.5 Å². The molecule has 0 atom stereocenters. The van der Waals surface area contributed by atoms with Gasteiger partial charge in [-0.05, 0) is 56.2 Å². The van der Waals surface area contributed by atoms with E-state index < -0.39 is 15.9 Å². The number of rotatable bonds is 6. The Balaban J connectivity index is 1.98. The molecule has 0 aliphatic rings. The van der Waals surface area contributed by atoms with Gasteiger partial charge in [0.05, 0.1) is 10.6 Å². The number of aryl methyl sites for hydroxylation is 3. The number of carbonyl (C=O) groups is 1. The van der Waals surface area contributed by atoms with Crippen LogP contribution in [0, 0.1) is 20.8 Å². The Labute approximate surface area is 172 Å². The van der Waals surface area contributed by atoms with Crippen molar-refractivity contribution in [3.8, 4) is 0 Å². The summed E-state index contributed by atoms with van der Waals surface area (Å²) in [5.74, 6) is -0.404. The molecule has 29 heavy (non-hydrogen) atoms. The normalized spacial score (nSPS) is 11.1. The molecular formula is C23H24N2O3S. The highest BCUT2D eigenvalue weighted by molar-refractivity contribution is 7.92. The lowest BCUT2D eigenvalue weighted by Gasteiger charge is -2.25. The largest absolute Gasteiger partial charge is 0.324 e. The van der Waals surface area contributed by atoms with Gasteiger partial charge < -0.3 is 5.32 Å². The van der Waals surface area contributed by atoms with Gasteiger partial charge in [0.25, 0.3) is 10.0 Å². The number of hydrogen-bond donors (Lipinski definition) is 1. The van der Waals surface area contributed by atoms with E-state index in [1.54, 1.807) is 42.5 Å². The summed E-state index contributed by atoms with van der Waals surface area (Å²) in [6.45, 7) is 5.28. The fourth-order valence-corrected chi connectivity index (χ4v) is 4.50. The van der Waals surface area contributed by atoms with Crippen LogP contribution in [-0.2, 0) is 14.8 Å². The smallest absolute Gasteiger partial charge is 0.264 e. The zero-order valence-corrected chi connectivity index (χ0v) is 17.5. The number of anilines is 2. The molecule has 0 saturated heterocycles. The zero-order chi connectivity index (χ0) is 21.0. The third kappa shape index (κ3) is 4.66. The number of hydrogen-bond acceptors (Lipinski definition) is 3. The van der Waals surface area contributed by atoms with Crippen molar-refractivity contribution < 1.29 is 13.2 Å². The maximum atomic E-state index is 13.4. The molecule has 3 aromatic rings. The molecule has 0 unspecified atom stereocenters. The van der Waals surface area contributed by atoms with Crippen molar-refractivity contribution in [1.82, 2.24) is 0 Å². The molecular weight excluding hydrogens is 384 g/mol. The molecule has 6 heteroatoms. The topological polar surface area (TPSA) is 66.5 Å². The van der Waals surface area contributed by atoms with E-state index in [2.05, 4.69) is 5.32 Å². The van der Waals surface area contributed by atoms with E-state index in [4.69, 9.17) is 0 Å². The van der Waals surface area contributed by atoms with E-state index in [0.29, 0.717) is 11.4 Å². The third-order valence-electron chi connectivity index (χ3n) is 4.70. The van der Waals surface area contributed by atoms with Gasteiger partial charge in [0, 0.05) is 5.69 Å². The molecule has 0 spiro atoms. The van der Waals surface area contributed by atoms with Crippen LogP contribution in [-0.4, -0.2) is 20.9 Å². The summed E-state index contributed by atoms with van der Waals surface area (Å²) >= 11 is 0. The second-order valence-corrected chi connectivity index (χ2v) is 8.84. The molecule has 0 saturated carbocycles. The molecule has 0 fully saturated rings. The summed E-state index contributed by atoms with van der Waals surface area (Å²) in [5.41, 5.74) is 3.78. The summed E-state index contributed by atoms with van der Waals surface area (Å²) in [6, 6.07) is 21.1. The van der Waals surface area contributed by atoms with E-state index in [9.17, 15) is 13.2 Å². The first-order chi connectivity index (χ1) is 13.8. The SMILES string of the molecule is Cc1ccc(S(=O)(=O)N(CC(=O)Nc2ccccc2C)c2ccccc2C)cc1. The van der Waals surface area contributed by atoms with Crippen molar-refractivity contribution in [2.24, 2.45) is 0 Å². The summed E-state index contributed by atoms with van der Waals surface area (Å²) in [5, 5.41) is 2.82. The maximum absolute atomic E-state index is 13.4. The second-order valence-electron chi connectivity index (χ2n) is 6.97. The number of nitrogens with one attached hydrogen (secondary N) is 1. The number of amides is 1. The highest BCUT2D eigenvalue weighted by Crippen LogP contribution is 2.27. The number of benzene rings is 3. The summed E-state index contributed by atoms with van der Waals surface area (Å²) in [6.07, 6.45) is 0. The number of para-hydroxylation sites is 2. The first-order valence-corrected chi connectivity index (χ1v) is 10.7. The monoisotopic (exact) mass is 408 g/mol. The summed E-state index contributed by atoms with van der Waals surface area (Å²) in [7, 11) is -3.92. The second kappa shape index (κ2) is 8.49. The van der Waals surface area contributed by atoms with Crippen LogP contribution < -0.4 is 9.62 Å². The summed E-state index contributed by atoms with van der Waals surface area (Å²) in [4.78, 5) is 12.9. The Morgan fingerprint density at radius 2 is 1.41 bits per heavy atom. The molecule has 0 radical (unpaired) electrons. The van der Waals surface area contributed by atoms with E-state index in [-0.39, 0.29) is 11.4 Å². The van der Waals surface area contributed by atoms with Crippen LogP contribution in [0.2, 0.25) is 0 Å². The van der Waals surface area contributed by atoms with Gasteiger partial charge in [-0.3, -0.25) is 9.10 Å². The maximum Gasteiger partial charge on any atom is 0.264 e. The van der Waals surface area contributed by atoms with Gasteiger partial charge in [0.2, 0.25) is 5.91 Å². The van der Waals surface area contributed by atoms with Gasteiger partial charge in [-0.1, -0.05) is 54.1 Å². The molecule has 0 aliphatic heterocycles.